The number of ether oxygens (including phenoxy) is 1. The molecule has 4 heterocycles. The second-order valence-electron chi connectivity index (χ2n) is 9.10. The van der Waals surface area contributed by atoms with Crippen LogP contribution >= 0.6 is 0 Å². The minimum Gasteiger partial charge on any atom is -0.378 e. The molecule has 1 aliphatic rings. The van der Waals surface area contributed by atoms with Gasteiger partial charge in [0.2, 0.25) is 11.9 Å². The maximum Gasteiger partial charge on any atom is 0.240 e. The number of H-pyrrole nitrogens is 1. The summed E-state index contributed by atoms with van der Waals surface area (Å²) in [6.45, 7) is 20.4. The molecule has 0 amide bonds. The Morgan fingerprint density at radius 1 is 1.11 bits per heavy atom. The van der Waals surface area contributed by atoms with Crippen molar-refractivity contribution in [2.24, 2.45) is 0 Å². The summed E-state index contributed by atoms with van der Waals surface area (Å²) < 4.78 is 7.68. The summed E-state index contributed by atoms with van der Waals surface area (Å²) in [5, 5.41) is 0. The Morgan fingerprint density at radius 3 is 2.49 bits per heavy atom. The molecule has 0 aliphatic carbocycles. The fraction of sp³-hybridized carbons (Fsp3) is 0.448. The molecule has 4 rings (SSSR count). The second-order valence-corrected chi connectivity index (χ2v) is 9.10. The van der Waals surface area contributed by atoms with Crippen molar-refractivity contribution in [3.63, 3.8) is 0 Å². The fourth-order valence-electron chi connectivity index (χ4n) is 4.24. The normalized spacial score (nSPS) is 14.4. The Bertz CT molecular complexity index is 1200. The first kappa shape index (κ1) is 28.1. The third kappa shape index (κ3) is 6.83. The van der Waals surface area contributed by atoms with Crippen molar-refractivity contribution in [2.75, 3.05) is 31.2 Å². The van der Waals surface area contributed by atoms with Crippen LogP contribution in [0.4, 0.5) is 5.95 Å². The van der Waals surface area contributed by atoms with Crippen molar-refractivity contribution in [3.8, 4) is 5.95 Å². The first-order valence-corrected chi connectivity index (χ1v) is 13.1. The summed E-state index contributed by atoms with van der Waals surface area (Å²) in [6, 6.07) is 2.09. The summed E-state index contributed by atoms with van der Waals surface area (Å²) in [5.74, 6) is 3.06. The smallest absolute Gasteiger partial charge is 0.240 e. The van der Waals surface area contributed by atoms with Crippen molar-refractivity contribution in [1.29, 1.82) is 0 Å². The summed E-state index contributed by atoms with van der Waals surface area (Å²) in [6.07, 6.45) is 12.5. The van der Waals surface area contributed by atoms with Crippen molar-refractivity contribution in [2.45, 2.75) is 59.8 Å². The van der Waals surface area contributed by atoms with Gasteiger partial charge in [0.25, 0.3) is 0 Å². The molecule has 8 nitrogen and oxygen atoms in total. The summed E-state index contributed by atoms with van der Waals surface area (Å²) >= 11 is 0. The molecule has 8 heteroatoms. The number of morpholine rings is 1. The number of nitrogens with one attached hydrogen (secondary N) is 1. The molecule has 1 fully saturated rings. The van der Waals surface area contributed by atoms with Crippen LogP contribution in [0.2, 0.25) is 0 Å². The molecule has 0 aromatic carbocycles. The van der Waals surface area contributed by atoms with Crippen molar-refractivity contribution in [1.82, 2.24) is 29.5 Å². The highest BCUT2D eigenvalue weighted by molar-refractivity contribution is 5.53. The van der Waals surface area contributed by atoms with Gasteiger partial charge < -0.3 is 14.6 Å². The molecule has 1 unspecified atom stereocenters. The van der Waals surface area contributed by atoms with Crippen LogP contribution in [0, 0.1) is 13.8 Å². The van der Waals surface area contributed by atoms with E-state index in [-0.39, 0.29) is 5.92 Å². The van der Waals surface area contributed by atoms with E-state index < -0.39 is 0 Å². The molecule has 3 aromatic rings. The predicted molar refractivity (Wildman–Crippen MR) is 151 cm³/mol. The third-order valence-electron chi connectivity index (χ3n) is 6.36. The molecule has 0 radical (unpaired) electrons. The van der Waals surface area contributed by atoms with Crippen LogP contribution in [0.3, 0.4) is 0 Å². The van der Waals surface area contributed by atoms with Gasteiger partial charge in [-0.25, -0.2) is 4.98 Å². The van der Waals surface area contributed by atoms with Gasteiger partial charge in [0.05, 0.1) is 18.9 Å². The average molecular weight is 504 g/mol. The maximum absolute atomic E-state index is 5.56. The lowest BCUT2D eigenvalue weighted by Crippen LogP contribution is -2.38. The van der Waals surface area contributed by atoms with Gasteiger partial charge in [-0.2, -0.15) is 15.0 Å². The number of aromatic nitrogens is 6. The number of rotatable bonds is 9. The zero-order valence-corrected chi connectivity index (χ0v) is 23.0. The lowest BCUT2D eigenvalue weighted by atomic mass is 10.0. The topological polar surface area (TPSA) is 84.8 Å². The molecular formula is C29H41N7O. The van der Waals surface area contributed by atoms with Crippen LogP contribution in [0.25, 0.3) is 12.0 Å². The number of allylic oxidation sites excluding steroid dienone is 3. The van der Waals surface area contributed by atoms with Crippen LogP contribution in [0.15, 0.2) is 43.6 Å². The molecule has 1 aliphatic heterocycles. The van der Waals surface area contributed by atoms with Crippen molar-refractivity contribution < 1.29 is 4.74 Å². The lowest BCUT2D eigenvalue weighted by Gasteiger charge is -2.27. The third-order valence-corrected chi connectivity index (χ3v) is 6.36. The average Bonchev–Trinajstić information content (AvgIpc) is 3.50. The van der Waals surface area contributed by atoms with Gasteiger partial charge >= 0.3 is 0 Å². The van der Waals surface area contributed by atoms with Crippen LogP contribution < -0.4 is 4.90 Å². The van der Waals surface area contributed by atoms with Crippen LogP contribution in [0.5, 0.6) is 0 Å². The van der Waals surface area contributed by atoms with E-state index in [0.29, 0.717) is 25.1 Å². The van der Waals surface area contributed by atoms with E-state index in [9.17, 15) is 0 Å². The van der Waals surface area contributed by atoms with E-state index in [4.69, 9.17) is 24.7 Å². The molecule has 1 atom stereocenters. The number of nitrogens with zero attached hydrogens (tertiary/aromatic N) is 6. The number of hydrogen-bond acceptors (Lipinski definition) is 6. The van der Waals surface area contributed by atoms with Gasteiger partial charge in [-0.15, -0.1) is 6.58 Å². The standard InChI is InChI=1S/C26H35N7O.C3H6/c1-6-8-10-22-21(12-13-27-22)18(3)24-29-25(32-14-16-34-17-15-32)31-26(30-24)33-20(5)19(4)28-23(33)11-9-7-2;1-3-2/h6,8,10,12-13,18,27H,1,7,9,11,14-17H2,2-5H3;3H,1H2,2H3/b10-8-;. The Balaban J connectivity index is 0.00000121. The highest BCUT2D eigenvalue weighted by Crippen LogP contribution is 2.28. The molecule has 0 spiro atoms. The maximum atomic E-state index is 5.56. The Hall–Kier alpha value is -3.52. The summed E-state index contributed by atoms with van der Waals surface area (Å²) in [4.78, 5) is 25.2. The number of aryl methyl sites for hydroxylation is 2. The van der Waals surface area contributed by atoms with Crippen molar-refractivity contribution in [3.05, 3.63) is 77.9 Å². The van der Waals surface area contributed by atoms with E-state index in [2.05, 4.69) is 54.4 Å². The van der Waals surface area contributed by atoms with Crippen LogP contribution in [-0.2, 0) is 11.2 Å². The van der Waals surface area contributed by atoms with Crippen molar-refractivity contribution >= 4 is 12.0 Å². The summed E-state index contributed by atoms with van der Waals surface area (Å²) in [7, 11) is 0. The Morgan fingerprint density at radius 2 is 1.81 bits per heavy atom. The van der Waals surface area contributed by atoms with E-state index in [1.807, 2.05) is 32.2 Å². The van der Waals surface area contributed by atoms with Gasteiger partial charge in [0, 0.05) is 43.0 Å². The highest BCUT2D eigenvalue weighted by Gasteiger charge is 2.24. The molecular weight excluding hydrogens is 462 g/mol. The molecule has 1 saturated heterocycles. The first-order valence-electron chi connectivity index (χ1n) is 13.1. The van der Waals surface area contributed by atoms with E-state index in [0.717, 1.165) is 66.6 Å². The lowest BCUT2D eigenvalue weighted by molar-refractivity contribution is 0.122. The molecule has 198 valence electrons. The highest BCUT2D eigenvalue weighted by atomic mass is 16.5. The molecule has 0 saturated carbocycles. The predicted octanol–water partition coefficient (Wildman–Crippen LogP) is 5.72. The van der Waals surface area contributed by atoms with Gasteiger partial charge in [0.15, 0.2) is 0 Å². The zero-order chi connectivity index (χ0) is 26.8. The minimum absolute atomic E-state index is 0.0266. The quantitative estimate of drug-likeness (QED) is 0.297. The van der Waals surface area contributed by atoms with E-state index in [1.165, 1.54) is 0 Å². The van der Waals surface area contributed by atoms with Gasteiger partial charge in [-0.1, -0.05) is 45.1 Å². The van der Waals surface area contributed by atoms with Gasteiger partial charge in [-0.3, -0.25) is 4.57 Å². The van der Waals surface area contributed by atoms with E-state index >= 15 is 0 Å². The zero-order valence-electron chi connectivity index (χ0n) is 23.0. The first-order chi connectivity index (χ1) is 17.9. The van der Waals surface area contributed by atoms with E-state index in [1.54, 1.807) is 12.2 Å². The Labute approximate surface area is 221 Å². The fourth-order valence-corrected chi connectivity index (χ4v) is 4.24. The number of hydrogen-bond donors (Lipinski definition) is 1. The number of anilines is 1. The Kier molecular flexibility index (Phi) is 10.4. The molecule has 1 N–H and O–H groups in total. The van der Waals surface area contributed by atoms with Gasteiger partial charge in [-0.05, 0) is 44.9 Å². The summed E-state index contributed by atoms with van der Waals surface area (Å²) in [5.41, 5.74) is 4.24. The van der Waals surface area contributed by atoms with Crippen LogP contribution in [-0.4, -0.2) is 55.8 Å². The number of unbranched alkanes of at least 4 members (excludes halogenated alkanes) is 1. The minimum atomic E-state index is -0.0266. The molecule has 3 aromatic heterocycles. The van der Waals surface area contributed by atoms with Crippen LogP contribution in [0.1, 0.15) is 73.8 Å². The van der Waals surface area contributed by atoms with Gasteiger partial charge in [0.1, 0.15) is 11.6 Å². The number of imidazole rings is 1. The monoisotopic (exact) mass is 503 g/mol. The number of aromatic amines is 1. The molecule has 0 bridgehead atoms. The largest absolute Gasteiger partial charge is 0.378 e. The SMILES string of the molecule is C=C/C=C\c1[nH]ccc1C(C)c1nc(N2CCOCC2)nc(-n2c(CCCC)nc(C)c2C)n1.C=CC. The molecule has 37 heavy (non-hydrogen) atoms. The second kappa shape index (κ2) is 13.7.